The van der Waals surface area contributed by atoms with E-state index >= 15 is 0 Å². The fraction of sp³-hybridized carbons (Fsp3) is 0.286. The van der Waals surface area contributed by atoms with E-state index in [2.05, 4.69) is 0 Å². The van der Waals surface area contributed by atoms with Crippen LogP contribution in [-0.2, 0) is 16.6 Å². The van der Waals surface area contributed by atoms with Crippen molar-refractivity contribution in [2.45, 2.75) is 25.3 Å². The number of benzene rings is 1. The minimum absolute atomic E-state index is 0.158. The third-order valence-electron chi connectivity index (χ3n) is 3.09. The average Bonchev–Trinajstić information content (AvgIpc) is 2.74. The molecule has 6 heteroatoms. The van der Waals surface area contributed by atoms with Crippen LogP contribution in [-0.4, -0.2) is 19.8 Å². The standard InChI is InChI=1S/C14H18N2O3S/c1-10-5-4-6-13(15)14(10)20(17,18)16(3)9-12-8-7-11(2)19-12/h4-8H,9,15H2,1-3H3. The first-order chi connectivity index (χ1) is 9.32. The number of rotatable bonds is 4. The minimum atomic E-state index is -3.64. The van der Waals surface area contributed by atoms with Crippen LogP contribution in [0.5, 0.6) is 0 Å². The van der Waals surface area contributed by atoms with Crippen molar-refractivity contribution in [1.82, 2.24) is 4.31 Å². The number of anilines is 1. The van der Waals surface area contributed by atoms with Gasteiger partial charge < -0.3 is 10.2 Å². The summed E-state index contributed by atoms with van der Waals surface area (Å²) in [5, 5.41) is 0. The third kappa shape index (κ3) is 2.71. The summed E-state index contributed by atoms with van der Waals surface area (Å²) in [6.45, 7) is 3.72. The van der Waals surface area contributed by atoms with Gasteiger partial charge in [0.2, 0.25) is 10.0 Å². The Morgan fingerprint density at radius 3 is 2.45 bits per heavy atom. The second kappa shape index (κ2) is 5.30. The summed E-state index contributed by atoms with van der Waals surface area (Å²) < 4.78 is 31.8. The molecule has 0 saturated carbocycles. The summed E-state index contributed by atoms with van der Waals surface area (Å²) in [4.78, 5) is 0.158. The first kappa shape index (κ1) is 14.6. The van der Waals surface area contributed by atoms with E-state index in [4.69, 9.17) is 10.2 Å². The fourth-order valence-electron chi connectivity index (χ4n) is 2.06. The van der Waals surface area contributed by atoms with Crippen LogP contribution >= 0.6 is 0 Å². The zero-order valence-electron chi connectivity index (χ0n) is 11.8. The van der Waals surface area contributed by atoms with Gasteiger partial charge in [0, 0.05) is 7.05 Å². The van der Waals surface area contributed by atoms with Crippen molar-refractivity contribution in [1.29, 1.82) is 0 Å². The Hall–Kier alpha value is -1.79. The quantitative estimate of drug-likeness (QED) is 0.878. The van der Waals surface area contributed by atoms with Gasteiger partial charge in [0.15, 0.2) is 0 Å². The van der Waals surface area contributed by atoms with Gasteiger partial charge >= 0.3 is 0 Å². The van der Waals surface area contributed by atoms with Crippen molar-refractivity contribution in [3.63, 3.8) is 0 Å². The fourth-order valence-corrected chi connectivity index (χ4v) is 3.51. The van der Waals surface area contributed by atoms with Crippen LogP contribution in [0.15, 0.2) is 39.6 Å². The Bertz CT molecular complexity index is 700. The summed E-state index contributed by atoms with van der Waals surface area (Å²) in [5.41, 5.74) is 6.70. The maximum absolute atomic E-state index is 12.6. The molecule has 2 rings (SSSR count). The highest BCUT2D eigenvalue weighted by atomic mass is 32.2. The van der Waals surface area contributed by atoms with Crippen LogP contribution in [0.4, 0.5) is 5.69 Å². The summed E-state index contributed by atoms with van der Waals surface area (Å²) in [7, 11) is -2.13. The largest absolute Gasteiger partial charge is 0.465 e. The lowest BCUT2D eigenvalue weighted by Gasteiger charge is -2.18. The van der Waals surface area contributed by atoms with Crippen LogP contribution in [0.2, 0.25) is 0 Å². The van der Waals surface area contributed by atoms with E-state index in [1.165, 1.54) is 11.4 Å². The van der Waals surface area contributed by atoms with Gasteiger partial charge in [-0.1, -0.05) is 12.1 Å². The molecule has 1 aromatic carbocycles. The Morgan fingerprint density at radius 1 is 1.20 bits per heavy atom. The van der Waals surface area contributed by atoms with Gasteiger partial charge in [0.25, 0.3) is 0 Å². The van der Waals surface area contributed by atoms with E-state index in [0.29, 0.717) is 11.3 Å². The van der Waals surface area contributed by atoms with Crippen LogP contribution in [0, 0.1) is 13.8 Å². The van der Waals surface area contributed by atoms with Crippen molar-refractivity contribution in [3.05, 3.63) is 47.4 Å². The first-order valence-corrected chi connectivity index (χ1v) is 7.63. The number of nitrogen functional groups attached to an aromatic ring is 1. The SMILES string of the molecule is Cc1ccc(CN(C)S(=O)(=O)c2c(C)cccc2N)o1. The molecule has 0 aliphatic heterocycles. The highest BCUT2D eigenvalue weighted by molar-refractivity contribution is 7.89. The van der Waals surface area contributed by atoms with Gasteiger partial charge in [-0.2, -0.15) is 4.31 Å². The van der Waals surface area contributed by atoms with E-state index in [9.17, 15) is 8.42 Å². The number of hydrogen-bond donors (Lipinski definition) is 1. The van der Waals surface area contributed by atoms with Gasteiger partial charge in [-0.05, 0) is 37.6 Å². The molecule has 0 atom stereocenters. The lowest BCUT2D eigenvalue weighted by atomic mass is 10.2. The number of sulfonamides is 1. The molecule has 5 nitrogen and oxygen atoms in total. The van der Waals surface area contributed by atoms with Gasteiger partial charge in [-0.3, -0.25) is 0 Å². The molecule has 0 unspecified atom stereocenters. The summed E-state index contributed by atoms with van der Waals surface area (Å²) in [6, 6.07) is 8.62. The summed E-state index contributed by atoms with van der Waals surface area (Å²) in [6.07, 6.45) is 0. The Labute approximate surface area is 119 Å². The van der Waals surface area contributed by atoms with Crippen molar-refractivity contribution in [2.24, 2.45) is 0 Å². The number of nitrogens with zero attached hydrogens (tertiary/aromatic N) is 1. The number of furan rings is 1. The summed E-state index contributed by atoms with van der Waals surface area (Å²) in [5.74, 6) is 1.35. The molecule has 0 radical (unpaired) electrons. The number of aryl methyl sites for hydroxylation is 2. The molecular formula is C14H18N2O3S. The molecule has 0 amide bonds. The van der Waals surface area contributed by atoms with E-state index in [1.54, 1.807) is 37.3 Å². The maximum Gasteiger partial charge on any atom is 0.245 e. The highest BCUT2D eigenvalue weighted by Crippen LogP contribution is 2.26. The molecule has 0 aliphatic rings. The monoisotopic (exact) mass is 294 g/mol. The minimum Gasteiger partial charge on any atom is -0.465 e. The normalized spacial score (nSPS) is 12.0. The van der Waals surface area contributed by atoms with Crippen molar-refractivity contribution in [2.75, 3.05) is 12.8 Å². The van der Waals surface area contributed by atoms with Crippen molar-refractivity contribution >= 4 is 15.7 Å². The van der Waals surface area contributed by atoms with Gasteiger partial charge in [0.1, 0.15) is 16.4 Å². The molecule has 0 bridgehead atoms. The molecule has 20 heavy (non-hydrogen) atoms. The molecule has 2 N–H and O–H groups in total. The lowest BCUT2D eigenvalue weighted by Crippen LogP contribution is -2.27. The second-order valence-corrected chi connectivity index (χ2v) is 6.75. The molecular weight excluding hydrogens is 276 g/mol. The van der Waals surface area contributed by atoms with E-state index < -0.39 is 10.0 Å². The van der Waals surface area contributed by atoms with Crippen molar-refractivity contribution < 1.29 is 12.8 Å². The molecule has 0 fully saturated rings. The molecule has 0 spiro atoms. The van der Waals surface area contributed by atoms with Crippen molar-refractivity contribution in [3.8, 4) is 0 Å². The van der Waals surface area contributed by atoms with E-state index in [0.717, 1.165) is 5.76 Å². The predicted molar refractivity (Wildman–Crippen MR) is 77.7 cm³/mol. The Morgan fingerprint density at radius 2 is 1.90 bits per heavy atom. The van der Waals surface area contributed by atoms with E-state index in [-0.39, 0.29) is 17.1 Å². The lowest BCUT2D eigenvalue weighted by molar-refractivity contribution is 0.397. The van der Waals surface area contributed by atoms with Gasteiger partial charge in [0.05, 0.1) is 12.2 Å². The zero-order chi connectivity index (χ0) is 14.9. The molecule has 108 valence electrons. The highest BCUT2D eigenvalue weighted by Gasteiger charge is 2.25. The molecule has 2 aromatic rings. The topological polar surface area (TPSA) is 76.5 Å². The molecule has 0 aliphatic carbocycles. The maximum atomic E-state index is 12.6. The van der Waals surface area contributed by atoms with Gasteiger partial charge in [-0.15, -0.1) is 0 Å². The van der Waals surface area contributed by atoms with Crippen LogP contribution in [0.1, 0.15) is 17.1 Å². The van der Waals surface area contributed by atoms with Crippen LogP contribution < -0.4 is 5.73 Å². The Kier molecular flexibility index (Phi) is 3.87. The van der Waals surface area contributed by atoms with Crippen LogP contribution in [0.25, 0.3) is 0 Å². The second-order valence-electron chi connectivity index (χ2n) is 4.77. The average molecular weight is 294 g/mol. The predicted octanol–water partition coefficient (Wildman–Crippen LogP) is 2.30. The summed E-state index contributed by atoms with van der Waals surface area (Å²) >= 11 is 0. The van der Waals surface area contributed by atoms with Crippen LogP contribution in [0.3, 0.4) is 0 Å². The first-order valence-electron chi connectivity index (χ1n) is 6.19. The Balaban J connectivity index is 2.35. The smallest absolute Gasteiger partial charge is 0.245 e. The third-order valence-corrected chi connectivity index (χ3v) is 5.11. The number of hydrogen-bond acceptors (Lipinski definition) is 4. The zero-order valence-corrected chi connectivity index (χ0v) is 12.6. The molecule has 1 heterocycles. The van der Waals surface area contributed by atoms with Gasteiger partial charge in [-0.25, -0.2) is 8.42 Å². The number of nitrogens with two attached hydrogens (primary N) is 1. The molecule has 1 aromatic heterocycles. The van der Waals surface area contributed by atoms with E-state index in [1.807, 2.05) is 6.92 Å². The molecule has 0 saturated heterocycles.